The van der Waals surface area contributed by atoms with E-state index in [0.29, 0.717) is 12.0 Å². The summed E-state index contributed by atoms with van der Waals surface area (Å²) in [5.41, 5.74) is 1.62. The van der Waals surface area contributed by atoms with Gasteiger partial charge in [-0.05, 0) is 42.2 Å². The monoisotopic (exact) mass is 465 g/mol. The third-order valence-corrected chi connectivity index (χ3v) is 5.48. The van der Waals surface area contributed by atoms with Crippen molar-refractivity contribution in [3.63, 3.8) is 0 Å². The molecule has 2 fully saturated rings. The number of halogens is 1. The van der Waals surface area contributed by atoms with Crippen LogP contribution >= 0.6 is 24.0 Å². The largest absolute Gasteiger partial charge is 0.381 e. The molecule has 1 spiro atoms. The highest BCUT2D eigenvalue weighted by molar-refractivity contribution is 14.0. The van der Waals surface area contributed by atoms with Gasteiger partial charge in [0, 0.05) is 31.7 Å². The van der Waals surface area contributed by atoms with Crippen LogP contribution in [-0.2, 0) is 11.3 Å². The second kappa shape index (κ2) is 8.57. The maximum absolute atomic E-state index is 5.65. The Morgan fingerprint density at radius 1 is 1.19 bits per heavy atom. The minimum Gasteiger partial charge on any atom is -0.381 e. The molecule has 140 valence electrons. The molecule has 1 N–H and O–H groups in total. The van der Waals surface area contributed by atoms with E-state index >= 15 is 0 Å². The van der Waals surface area contributed by atoms with E-state index in [1.54, 1.807) is 0 Å². The van der Waals surface area contributed by atoms with Gasteiger partial charge in [-0.15, -0.1) is 24.0 Å². The maximum atomic E-state index is 5.65. The molecule has 0 amide bonds. The van der Waals surface area contributed by atoms with Crippen molar-refractivity contribution >= 4 is 40.7 Å². The van der Waals surface area contributed by atoms with Gasteiger partial charge in [-0.1, -0.05) is 36.4 Å². The van der Waals surface area contributed by atoms with Crippen molar-refractivity contribution in [2.45, 2.75) is 26.3 Å². The first-order valence-corrected chi connectivity index (χ1v) is 9.37. The predicted octanol–water partition coefficient (Wildman–Crippen LogP) is 4.04. The zero-order valence-electron chi connectivity index (χ0n) is 15.4. The Balaban J connectivity index is 0.00000196. The minimum atomic E-state index is 0. The summed E-state index contributed by atoms with van der Waals surface area (Å²) in [7, 11) is 0. The fourth-order valence-corrected chi connectivity index (χ4v) is 4.02. The molecule has 1 unspecified atom stereocenters. The van der Waals surface area contributed by atoms with Gasteiger partial charge in [0.25, 0.3) is 0 Å². The van der Waals surface area contributed by atoms with Gasteiger partial charge in [0.05, 0.1) is 13.2 Å². The molecule has 0 bridgehead atoms. The molecule has 2 aliphatic rings. The molecule has 2 saturated heterocycles. The predicted molar refractivity (Wildman–Crippen MR) is 118 cm³/mol. The van der Waals surface area contributed by atoms with E-state index in [1.807, 2.05) is 0 Å². The molecule has 0 aliphatic carbocycles. The van der Waals surface area contributed by atoms with Crippen LogP contribution in [0.5, 0.6) is 0 Å². The van der Waals surface area contributed by atoms with Gasteiger partial charge in [0.1, 0.15) is 0 Å². The lowest BCUT2D eigenvalue weighted by molar-refractivity contribution is 0.156. The number of rotatable bonds is 3. The number of guanidine groups is 1. The summed E-state index contributed by atoms with van der Waals surface area (Å²) in [5.74, 6) is 1.04. The number of hydrogen-bond acceptors (Lipinski definition) is 2. The van der Waals surface area contributed by atoms with Gasteiger partial charge in [-0.3, -0.25) is 0 Å². The number of aliphatic imine (C=N–C) groups is 1. The second-order valence-corrected chi connectivity index (χ2v) is 7.33. The third-order valence-electron chi connectivity index (χ3n) is 5.48. The Hall–Kier alpha value is -1.34. The molecule has 0 aromatic heterocycles. The van der Waals surface area contributed by atoms with Crippen LogP contribution in [-0.4, -0.2) is 43.7 Å². The Morgan fingerprint density at radius 2 is 2.04 bits per heavy atom. The Bertz CT molecular complexity index is 771. The number of fused-ring (bicyclic) bond motifs is 1. The van der Waals surface area contributed by atoms with E-state index in [2.05, 4.69) is 59.6 Å². The molecule has 2 aromatic rings. The van der Waals surface area contributed by atoms with Crippen molar-refractivity contribution in [2.75, 3.05) is 32.8 Å². The molecule has 2 heterocycles. The number of likely N-dealkylation sites (tertiary alicyclic amines) is 1. The van der Waals surface area contributed by atoms with E-state index in [9.17, 15) is 0 Å². The topological polar surface area (TPSA) is 36.9 Å². The smallest absolute Gasteiger partial charge is 0.194 e. The van der Waals surface area contributed by atoms with Crippen molar-refractivity contribution in [1.82, 2.24) is 10.2 Å². The number of nitrogens with one attached hydrogen (secondary N) is 1. The molecule has 26 heavy (non-hydrogen) atoms. The normalized spacial score (nSPS) is 22.8. The summed E-state index contributed by atoms with van der Waals surface area (Å²) in [6.45, 7) is 7.72. The average molecular weight is 465 g/mol. The summed E-state index contributed by atoms with van der Waals surface area (Å²) in [4.78, 5) is 7.33. The second-order valence-electron chi connectivity index (χ2n) is 7.33. The first-order valence-electron chi connectivity index (χ1n) is 9.37. The van der Waals surface area contributed by atoms with Crippen molar-refractivity contribution in [3.8, 4) is 0 Å². The summed E-state index contributed by atoms with van der Waals surface area (Å²) in [6.07, 6.45) is 2.40. The number of ether oxygens (including phenoxy) is 1. The minimum absolute atomic E-state index is 0. The first kappa shape index (κ1) is 19.4. The maximum Gasteiger partial charge on any atom is 0.194 e. The number of nitrogens with zero attached hydrogens (tertiary/aromatic N) is 2. The highest BCUT2D eigenvalue weighted by Gasteiger charge is 2.42. The van der Waals surface area contributed by atoms with E-state index in [-0.39, 0.29) is 24.0 Å². The van der Waals surface area contributed by atoms with Crippen molar-refractivity contribution < 1.29 is 4.74 Å². The lowest BCUT2D eigenvalue weighted by atomic mass is 9.87. The zero-order chi connectivity index (χ0) is 17.1. The van der Waals surface area contributed by atoms with Gasteiger partial charge in [-0.2, -0.15) is 0 Å². The molecule has 4 rings (SSSR count). The Kier molecular flexibility index (Phi) is 6.40. The quantitative estimate of drug-likeness (QED) is 0.423. The number of benzene rings is 2. The summed E-state index contributed by atoms with van der Waals surface area (Å²) >= 11 is 0. The molecule has 4 nitrogen and oxygen atoms in total. The van der Waals surface area contributed by atoms with Crippen LogP contribution in [0.1, 0.15) is 25.3 Å². The fourth-order valence-electron chi connectivity index (χ4n) is 4.02. The number of hydrogen-bond donors (Lipinski definition) is 1. The SMILES string of the molecule is CCNC(=NCc1ccc2ccccc2c1)N1CCC2(CCOC2)C1.I. The summed E-state index contributed by atoms with van der Waals surface area (Å²) in [5, 5.41) is 6.04. The van der Waals surface area contributed by atoms with Gasteiger partial charge in [-0.25, -0.2) is 4.99 Å². The van der Waals surface area contributed by atoms with Crippen LogP contribution < -0.4 is 5.32 Å². The van der Waals surface area contributed by atoms with E-state index in [4.69, 9.17) is 9.73 Å². The molecular weight excluding hydrogens is 437 g/mol. The van der Waals surface area contributed by atoms with Crippen LogP contribution in [0.4, 0.5) is 0 Å². The molecule has 0 saturated carbocycles. The van der Waals surface area contributed by atoms with Crippen molar-refractivity contribution in [3.05, 3.63) is 48.0 Å². The highest BCUT2D eigenvalue weighted by Crippen LogP contribution is 2.38. The van der Waals surface area contributed by atoms with E-state index < -0.39 is 0 Å². The van der Waals surface area contributed by atoms with Crippen LogP contribution in [0.15, 0.2) is 47.5 Å². The lowest BCUT2D eigenvalue weighted by Crippen LogP contribution is -2.41. The van der Waals surface area contributed by atoms with E-state index in [1.165, 1.54) is 29.2 Å². The van der Waals surface area contributed by atoms with Crippen LogP contribution in [0.2, 0.25) is 0 Å². The fraction of sp³-hybridized carbons (Fsp3) is 0.476. The van der Waals surface area contributed by atoms with Crippen molar-refractivity contribution in [1.29, 1.82) is 0 Å². The van der Waals surface area contributed by atoms with Gasteiger partial charge in [0.2, 0.25) is 0 Å². The first-order chi connectivity index (χ1) is 12.3. The van der Waals surface area contributed by atoms with Crippen molar-refractivity contribution in [2.24, 2.45) is 10.4 Å². The van der Waals surface area contributed by atoms with Gasteiger partial charge < -0.3 is 15.0 Å². The van der Waals surface area contributed by atoms with Crippen LogP contribution in [0.3, 0.4) is 0 Å². The van der Waals surface area contributed by atoms with Gasteiger partial charge >= 0.3 is 0 Å². The third kappa shape index (κ3) is 4.14. The Labute approximate surface area is 173 Å². The molecule has 1 atom stereocenters. The molecule has 5 heteroatoms. The van der Waals surface area contributed by atoms with Crippen LogP contribution in [0.25, 0.3) is 10.8 Å². The zero-order valence-corrected chi connectivity index (χ0v) is 17.7. The standard InChI is InChI=1S/C21H27N3O.HI/c1-2-22-20(24-11-9-21(15-24)10-12-25-16-21)23-14-17-7-8-18-5-3-4-6-19(18)13-17;/h3-8,13H,2,9-12,14-16H2,1H3,(H,22,23);1H. The van der Waals surface area contributed by atoms with Gasteiger partial charge in [0.15, 0.2) is 5.96 Å². The molecule has 2 aromatic carbocycles. The average Bonchev–Trinajstić information content (AvgIpc) is 3.28. The molecule has 0 radical (unpaired) electrons. The summed E-state index contributed by atoms with van der Waals surface area (Å²) < 4.78 is 5.65. The highest BCUT2D eigenvalue weighted by atomic mass is 127. The molecule has 2 aliphatic heterocycles. The molecular formula is C21H28IN3O. The summed E-state index contributed by atoms with van der Waals surface area (Å²) in [6, 6.07) is 15.1. The van der Waals surface area contributed by atoms with E-state index in [0.717, 1.165) is 38.8 Å². The van der Waals surface area contributed by atoms with Crippen LogP contribution in [0, 0.1) is 5.41 Å². The lowest BCUT2D eigenvalue weighted by Gasteiger charge is -2.25. The Morgan fingerprint density at radius 3 is 2.81 bits per heavy atom.